The highest BCUT2D eigenvalue weighted by Crippen LogP contribution is 2.23. The minimum Gasteiger partial charge on any atom is -0.389 e. The largest absolute Gasteiger partial charge is 0.389 e. The number of hydrogen-bond donors (Lipinski definition) is 2. The lowest BCUT2D eigenvalue weighted by molar-refractivity contribution is 0.584. The third kappa shape index (κ3) is 3.26. The molecule has 0 aliphatic heterocycles. The number of nitrogens with one attached hydrogen (secondary N) is 1. The molecule has 5 heteroatoms. The third-order valence-corrected chi connectivity index (χ3v) is 2.80. The van der Waals surface area contributed by atoms with Crippen LogP contribution in [0.1, 0.15) is 11.1 Å². The Hall–Kier alpha value is -2.01. The van der Waals surface area contributed by atoms with E-state index in [4.69, 9.17) is 18.0 Å². The van der Waals surface area contributed by atoms with Gasteiger partial charge in [0, 0.05) is 23.0 Å². The summed E-state index contributed by atoms with van der Waals surface area (Å²) in [4.78, 5) is 0.222. The molecular formula is C14H12F2N2S. The Labute approximate surface area is 115 Å². The smallest absolute Gasteiger partial charge is 0.128 e. The molecule has 0 heterocycles. The van der Waals surface area contributed by atoms with Gasteiger partial charge in [-0.3, -0.25) is 0 Å². The van der Waals surface area contributed by atoms with E-state index >= 15 is 0 Å². The summed E-state index contributed by atoms with van der Waals surface area (Å²) in [6, 6.07) is 8.68. The van der Waals surface area contributed by atoms with Gasteiger partial charge in [0.15, 0.2) is 0 Å². The molecular weight excluding hydrogens is 266 g/mol. The number of halogens is 2. The van der Waals surface area contributed by atoms with Crippen LogP contribution >= 0.6 is 12.2 Å². The fraction of sp³-hybridized carbons (Fsp3) is 0.0714. The lowest BCUT2D eigenvalue weighted by Gasteiger charge is -2.12. The van der Waals surface area contributed by atoms with Crippen molar-refractivity contribution in [1.82, 2.24) is 0 Å². The second kappa shape index (κ2) is 5.32. The van der Waals surface area contributed by atoms with Gasteiger partial charge in [0.2, 0.25) is 0 Å². The Balaban J connectivity index is 2.42. The predicted octanol–water partition coefficient (Wildman–Crippen LogP) is 3.65. The number of thiocarbonyl (C=S) groups is 1. The second-order valence-corrected chi connectivity index (χ2v) is 4.64. The number of hydrogen-bond acceptors (Lipinski definition) is 2. The molecule has 0 bridgehead atoms. The average molecular weight is 278 g/mol. The van der Waals surface area contributed by atoms with E-state index in [-0.39, 0.29) is 4.99 Å². The van der Waals surface area contributed by atoms with Gasteiger partial charge < -0.3 is 11.1 Å². The van der Waals surface area contributed by atoms with Crippen molar-refractivity contribution in [1.29, 1.82) is 0 Å². The molecule has 2 rings (SSSR count). The van der Waals surface area contributed by atoms with E-state index in [1.165, 1.54) is 12.1 Å². The molecule has 0 aromatic heterocycles. The molecule has 0 unspecified atom stereocenters. The van der Waals surface area contributed by atoms with Gasteiger partial charge in [-0.15, -0.1) is 0 Å². The lowest BCUT2D eigenvalue weighted by Crippen LogP contribution is -2.12. The fourth-order valence-electron chi connectivity index (χ4n) is 1.76. The van der Waals surface area contributed by atoms with Crippen molar-refractivity contribution < 1.29 is 8.78 Å². The number of aryl methyl sites for hydroxylation is 1. The first-order valence-electron chi connectivity index (χ1n) is 5.59. The summed E-state index contributed by atoms with van der Waals surface area (Å²) in [5.74, 6) is -1.29. The quantitative estimate of drug-likeness (QED) is 0.842. The molecule has 98 valence electrons. The number of benzene rings is 2. The van der Waals surface area contributed by atoms with E-state index in [0.717, 1.165) is 11.6 Å². The number of rotatable bonds is 3. The average Bonchev–Trinajstić information content (AvgIpc) is 2.26. The Bertz CT molecular complexity index is 621. The van der Waals surface area contributed by atoms with E-state index in [2.05, 4.69) is 5.32 Å². The van der Waals surface area contributed by atoms with Crippen LogP contribution in [-0.4, -0.2) is 4.99 Å². The Morgan fingerprint density at radius 3 is 2.32 bits per heavy atom. The van der Waals surface area contributed by atoms with Crippen LogP contribution < -0.4 is 11.1 Å². The Morgan fingerprint density at radius 1 is 1.11 bits per heavy atom. The van der Waals surface area contributed by atoms with Crippen molar-refractivity contribution in [3.63, 3.8) is 0 Å². The van der Waals surface area contributed by atoms with Crippen molar-refractivity contribution >= 4 is 28.6 Å². The van der Waals surface area contributed by atoms with Gasteiger partial charge in [0.1, 0.15) is 16.6 Å². The number of nitrogens with two attached hydrogens (primary N) is 1. The van der Waals surface area contributed by atoms with Crippen LogP contribution in [0.3, 0.4) is 0 Å². The molecule has 0 atom stereocenters. The molecule has 0 saturated heterocycles. The van der Waals surface area contributed by atoms with Crippen LogP contribution in [0.25, 0.3) is 0 Å². The molecule has 0 amide bonds. The summed E-state index contributed by atoms with van der Waals surface area (Å²) in [5, 5.41) is 2.93. The monoisotopic (exact) mass is 278 g/mol. The first kappa shape index (κ1) is 13.4. The first-order valence-corrected chi connectivity index (χ1v) is 6.00. The molecule has 0 aliphatic carbocycles. The van der Waals surface area contributed by atoms with Crippen molar-refractivity contribution in [3.8, 4) is 0 Å². The summed E-state index contributed by atoms with van der Waals surface area (Å²) in [7, 11) is 0. The predicted molar refractivity (Wildman–Crippen MR) is 76.7 cm³/mol. The molecule has 0 radical (unpaired) electrons. The maximum atomic E-state index is 13.1. The van der Waals surface area contributed by atoms with Crippen molar-refractivity contribution in [3.05, 3.63) is 59.2 Å². The van der Waals surface area contributed by atoms with Crippen LogP contribution in [-0.2, 0) is 0 Å². The summed E-state index contributed by atoms with van der Waals surface area (Å²) >= 11 is 4.95. The van der Waals surface area contributed by atoms with Crippen LogP contribution in [0.5, 0.6) is 0 Å². The van der Waals surface area contributed by atoms with Gasteiger partial charge in [-0.2, -0.15) is 0 Å². The molecule has 0 saturated carbocycles. The summed E-state index contributed by atoms with van der Waals surface area (Å²) in [6.45, 7) is 1.90. The highest BCUT2D eigenvalue weighted by molar-refractivity contribution is 7.80. The molecule has 0 spiro atoms. The zero-order chi connectivity index (χ0) is 14.0. The Morgan fingerprint density at radius 2 is 1.74 bits per heavy atom. The van der Waals surface area contributed by atoms with E-state index in [1.807, 2.05) is 19.1 Å². The normalized spacial score (nSPS) is 10.3. The zero-order valence-corrected chi connectivity index (χ0v) is 11.0. The van der Waals surface area contributed by atoms with E-state index < -0.39 is 11.6 Å². The fourth-order valence-corrected chi connectivity index (χ4v) is 1.94. The van der Waals surface area contributed by atoms with Crippen LogP contribution in [0.15, 0.2) is 36.4 Å². The molecule has 19 heavy (non-hydrogen) atoms. The minimum absolute atomic E-state index is 0.222. The molecule has 0 aliphatic rings. The van der Waals surface area contributed by atoms with Crippen molar-refractivity contribution in [2.75, 3.05) is 5.32 Å². The topological polar surface area (TPSA) is 38.0 Å². The maximum Gasteiger partial charge on any atom is 0.128 e. The third-order valence-electron chi connectivity index (χ3n) is 2.58. The SMILES string of the molecule is Cc1ccc(C(N)=S)c(Nc2cc(F)cc(F)c2)c1. The second-order valence-electron chi connectivity index (χ2n) is 4.20. The van der Waals surface area contributed by atoms with Gasteiger partial charge >= 0.3 is 0 Å². The van der Waals surface area contributed by atoms with E-state index in [1.54, 1.807) is 6.07 Å². The molecule has 2 aromatic carbocycles. The van der Waals surface area contributed by atoms with E-state index in [0.29, 0.717) is 16.9 Å². The summed E-state index contributed by atoms with van der Waals surface area (Å²) in [6.07, 6.45) is 0. The number of anilines is 2. The van der Waals surface area contributed by atoms with Gasteiger partial charge in [-0.1, -0.05) is 18.3 Å². The highest BCUT2D eigenvalue weighted by atomic mass is 32.1. The molecule has 0 fully saturated rings. The van der Waals surface area contributed by atoms with E-state index in [9.17, 15) is 8.78 Å². The Kier molecular flexibility index (Phi) is 3.76. The standard InChI is InChI=1S/C14H12F2N2S/c1-8-2-3-12(14(17)19)13(4-8)18-11-6-9(15)5-10(16)7-11/h2-7,18H,1H3,(H2,17,19). The molecule has 2 aromatic rings. The summed E-state index contributed by atoms with van der Waals surface area (Å²) in [5.41, 5.74) is 8.17. The van der Waals surface area contributed by atoms with Gasteiger partial charge in [-0.05, 0) is 36.8 Å². The summed E-state index contributed by atoms with van der Waals surface area (Å²) < 4.78 is 26.3. The lowest BCUT2D eigenvalue weighted by atomic mass is 10.1. The van der Waals surface area contributed by atoms with Crippen molar-refractivity contribution in [2.45, 2.75) is 6.92 Å². The van der Waals surface area contributed by atoms with Crippen LogP contribution in [0.2, 0.25) is 0 Å². The first-order chi connectivity index (χ1) is 8.95. The van der Waals surface area contributed by atoms with Crippen LogP contribution in [0.4, 0.5) is 20.2 Å². The van der Waals surface area contributed by atoms with Gasteiger partial charge in [-0.25, -0.2) is 8.78 Å². The van der Waals surface area contributed by atoms with Crippen LogP contribution in [0, 0.1) is 18.6 Å². The van der Waals surface area contributed by atoms with Crippen molar-refractivity contribution in [2.24, 2.45) is 5.73 Å². The minimum atomic E-state index is -0.646. The van der Waals surface area contributed by atoms with Gasteiger partial charge in [0.05, 0.1) is 0 Å². The molecule has 3 N–H and O–H groups in total. The van der Waals surface area contributed by atoms with Gasteiger partial charge in [0.25, 0.3) is 0 Å². The molecule has 2 nitrogen and oxygen atoms in total. The highest BCUT2D eigenvalue weighted by Gasteiger charge is 2.07. The zero-order valence-electron chi connectivity index (χ0n) is 10.2. The maximum absolute atomic E-state index is 13.1.